The molecule has 0 atom stereocenters. The third-order valence-electron chi connectivity index (χ3n) is 2.63. The summed E-state index contributed by atoms with van der Waals surface area (Å²) in [6, 6.07) is 8.50. The van der Waals surface area contributed by atoms with Gasteiger partial charge in [-0.15, -0.1) is 0 Å². The lowest BCUT2D eigenvalue weighted by atomic mass is 10.2. The van der Waals surface area contributed by atoms with Crippen molar-refractivity contribution in [3.63, 3.8) is 0 Å². The summed E-state index contributed by atoms with van der Waals surface area (Å²) >= 11 is 0. The van der Waals surface area contributed by atoms with E-state index in [4.69, 9.17) is 9.52 Å². The fourth-order valence-corrected chi connectivity index (χ4v) is 1.73. The number of carbonyl (C=O) groups is 2. The number of amides is 1. The zero-order valence-corrected chi connectivity index (χ0v) is 10.8. The molecule has 6 nitrogen and oxygen atoms in total. The number of hydrogen-bond acceptors (Lipinski definition) is 4. The molecule has 2 rings (SSSR count). The van der Waals surface area contributed by atoms with Crippen molar-refractivity contribution in [2.24, 2.45) is 0 Å². The summed E-state index contributed by atoms with van der Waals surface area (Å²) in [5.74, 6) is -0.785. The number of carboxylic acid groups (broad SMARTS) is 1. The summed E-state index contributed by atoms with van der Waals surface area (Å²) in [5.41, 5.74) is 1.64. The summed E-state index contributed by atoms with van der Waals surface area (Å²) in [7, 11) is 0. The Hall–Kier alpha value is -2.76. The molecule has 0 aliphatic carbocycles. The largest absolute Gasteiger partial charge is 0.478 e. The maximum atomic E-state index is 10.9. The zero-order chi connectivity index (χ0) is 14.5. The van der Waals surface area contributed by atoms with Crippen LogP contribution in [0.1, 0.15) is 23.0 Å². The molecule has 0 radical (unpaired) electrons. The Morgan fingerprint density at radius 1 is 1.15 bits per heavy atom. The van der Waals surface area contributed by atoms with Crippen LogP contribution in [0.5, 0.6) is 0 Å². The van der Waals surface area contributed by atoms with Gasteiger partial charge >= 0.3 is 5.97 Å². The Bertz CT molecular complexity index is 616. The maximum Gasteiger partial charge on any atom is 0.339 e. The van der Waals surface area contributed by atoms with Crippen molar-refractivity contribution in [2.75, 3.05) is 10.6 Å². The molecular formula is C14H14N2O4. The Balaban J connectivity index is 1.98. The van der Waals surface area contributed by atoms with Crippen molar-refractivity contribution in [1.82, 2.24) is 0 Å². The number of carboxylic acids is 1. The molecule has 0 aliphatic rings. The van der Waals surface area contributed by atoms with Crippen LogP contribution in [0.3, 0.4) is 0 Å². The number of carbonyl (C=O) groups excluding carboxylic acids is 1. The number of rotatable bonds is 5. The van der Waals surface area contributed by atoms with E-state index in [1.807, 2.05) is 0 Å². The van der Waals surface area contributed by atoms with Crippen LogP contribution in [-0.4, -0.2) is 17.0 Å². The average molecular weight is 274 g/mol. The molecule has 0 aliphatic heterocycles. The van der Waals surface area contributed by atoms with E-state index >= 15 is 0 Å². The molecule has 1 aromatic carbocycles. The van der Waals surface area contributed by atoms with Crippen LogP contribution in [0, 0.1) is 0 Å². The minimum Gasteiger partial charge on any atom is -0.478 e. The van der Waals surface area contributed by atoms with Crippen LogP contribution in [0.15, 0.2) is 41.0 Å². The van der Waals surface area contributed by atoms with Crippen LogP contribution in [0.25, 0.3) is 0 Å². The number of benzene rings is 1. The molecule has 1 aromatic heterocycles. The van der Waals surface area contributed by atoms with E-state index in [0.717, 1.165) is 5.69 Å². The summed E-state index contributed by atoms with van der Waals surface area (Å²) in [4.78, 5) is 21.8. The van der Waals surface area contributed by atoms with Gasteiger partial charge in [0.15, 0.2) is 0 Å². The molecule has 2 aromatic rings. The van der Waals surface area contributed by atoms with Gasteiger partial charge in [-0.3, -0.25) is 4.79 Å². The van der Waals surface area contributed by atoms with Gasteiger partial charge in [-0.25, -0.2) is 4.79 Å². The molecule has 0 spiro atoms. The zero-order valence-electron chi connectivity index (χ0n) is 10.8. The van der Waals surface area contributed by atoms with Gasteiger partial charge in [-0.05, 0) is 30.3 Å². The monoisotopic (exact) mass is 274 g/mol. The fraction of sp³-hybridized carbons (Fsp3) is 0.143. The molecule has 6 heteroatoms. The SMILES string of the molecule is CC(=O)Nc1ccc(NCc2occc2C(=O)O)cc1. The van der Waals surface area contributed by atoms with Gasteiger partial charge in [-0.1, -0.05) is 0 Å². The van der Waals surface area contributed by atoms with Crippen LogP contribution in [0.4, 0.5) is 11.4 Å². The summed E-state index contributed by atoms with van der Waals surface area (Å²) < 4.78 is 5.12. The highest BCUT2D eigenvalue weighted by Gasteiger charge is 2.12. The van der Waals surface area contributed by atoms with Crippen LogP contribution in [0.2, 0.25) is 0 Å². The predicted octanol–water partition coefficient (Wildman–Crippen LogP) is 2.55. The lowest BCUT2D eigenvalue weighted by Crippen LogP contribution is -2.06. The first-order valence-electron chi connectivity index (χ1n) is 5.97. The molecule has 0 saturated carbocycles. The number of nitrogens with one attached hydrogen (secondary N) is 2. The van der Waals surface area contributed by atoms with Gasteiger partial charge in [0.25, 0.3) is 0 Å². The lowest BCUT2D eigenvalue weighted by molar-refractivity contribution is -0.114. The Morgan fingerprint density at radius 2 is 1.80 bits per heavy atom. The number of furan rings is 1. The van der Waals surface area contributed by atoms with Gasteiger partial charge in [0.1, 0.15) is 11.3 Å². The van der Waals surface area contributed by atoms with Crippen molar-refractivity contribution in [3.8, 4) is 0 Å². The number of hydrogen-bond donors (Lipinski definition) is 3. The van der Waals surface area contributed by atoms with Crippen molar-refractivity contribution < 1.29 is 19.1 Å². The first-order chi connectivity index (χ1) is 9.56. The highest BCUT2D eigenvalue weighted by molar-refractivity contribution is 5.89. The minimum absolute atomic E-state index is 0.132. The van der Waals surface area contributed by atoms with E-state index in [9.17, 15) is 9.59 Å². The van der Waals surface area contributed by atoms with Crippen molar-refractivity contribution >= 4 is 23.3 Å². The second-order valence-electron chi connectivity index (χ2n) is 4.17. The van der Waals surface area contributed by atoms with E-state index in [1.54, 1.807) is 24.3 Å². The smallest absolute Gasteiger partial charge is 0.339 e. The van der Waals surface area contributed by atoms with Crippen molar-refractivity contribution in [3.05, 3.63) is 47.9 Å². The summed E-state index contributed by atoms with van der Waals surface area (Å²) in [6.07, 6.45) is 1.35. The van der Waals surface area contributed by atoms with Gasteiger partial charge in [0, 0.05) is 18.3 Å². The van der Waals surface area contributed by atoms with Crippen LogP contribution < -0.4 is 10.6 Å². The Morgan fingerprint density at radius 3 is 2.40 bits per heavy atom. The number of aromatic carboxylic acids is 1. The van der Waals surface area contributed by atoms with Crippen molar-refractivity contribution in [2.45, 2.75) is 13.5 Å². The fourth-order valence-electron chi connectivity index (χ4n) is 1.73. The van der Waals surface area contributed by atoms with E-state index < -0.39 is 5.97 Å². The second-order valence-corrected chi connectivity index (χ2v) is 4.17. The van der Waals surface area contributed by atoms with E-state index in [1.165, 1.54) is 19.3 Å². The quantitative estimate of drug-likeness (QED) is 0.779. The molecule has 0 bridgehead atoms. The molecule has 3 N–H and O–H groups in total. The molecule has 0 saturated heterocycles. The second kappa shape index (κ2) is 5.92. The van der Waals surface area contributed by atoms with Gasteiger partial charge in [-0.2, -0.15) is 0 Å². The standard InChI is InChI=1S/C14H14N2O4/c1-9(17)16-11-4-2-10(3-5-11)15-8-13-12(14(18)19)6-7-20-13/h2-7,15H,8H2,1H3,(H,16,17)(H,18,19). The highest BCUT2D eigenvalue weighted by atomic mass is 16.4. The molecule has 0 fully saturated rings. The predicted molar refractivity (Wildman–Crippen MR) is 73.7 cm³/mol. The molecule has 104 valence electrons. The van der Waals surface area contributed by atoms with E-state index in [2.05, 4.69) is 10.6 Å². The van der Waals surface area contributed by atoms with Gasteiger partial charge in [0.05, 0.1) is 12.8 Å². The molecule has 0 unspecified atom stereocenters. The number of anilines is 2. The minimum atomic E-state index is -1.02. The first kappa shape index (κ1) is 13.7. The molecule has 20 heavy (non-hydrogen) atoms. The van der Waals surface area contributed by atoms with Crippen LogP contribution >= 0.6 is 0 Å². The third-order valence-corrected chi connectivity index (χ3v) is 2.63. The van der Waals surface area contributed by atoms with Crippen molar-refractivity contribution in [1.29, 1.82) is 0 Å². The molecule has 1 amide bonds. The van der Waals surface area contributed by atoms with Crippen LogP contribution in [-0.2, 0) is 11.3 Å². The lowest BCUT2D eigenvalue weighted by Gasteiger charge is -2.07. The van der Waals surface area contributed by atoms with Gasteiger partial charge in [0.2, 0.25) is 5.91 Å². The topological polar surface area (TPSA) is 91.6 Å². The summed E-state index contributed by atoms with van der Waals surface area (Å²) in [6.45, 7) is 1.71. The highest BCUT2D eigenvalue weighted by Crippen LogP contribution is 2.16. The molecular weight excluding hydrogens is 260 g/mol. The normalized spacial score (nSPS) is 10.1. The first-order valence-corrected chi connectivity index (χ1v) is 5.97. The van der Waals surface area contributed by atoms with Gasteiger partial charge < -0.3 is 20.2 Å². The third kappa shape index (κ3) is 3.38. The molecule has 1 heterocycles. The Kier molecular flexibility index (Phi) is 4.05. The van der Waals surface area contributed by atoms with E-state index in [-0.39, 0.29) is 18.0 Å². The maximum absolute atomic E-state index is 10.9. The average Bonchev–Trinajstić information content (AvgIpc) is 2.86. The Labute approximate surface area is 115 Å². The summed E-state index contributed by atoms with van der Waals surface area (Å²) in [5, 5.41) is 14.7. The van der Waals surface area contributed by atoms with E-state index in [0.29, 0.717) is 11.4 Å².